The summed E-state index contributed by atoms with van der Waals surface area (Å²) in [5, 5.41) is 7.62. The summed E-state index contributed by atoms with van der Waals surface area (Å²) in [6.07, 6.45) is 0. The number of rotatable bonds is 7. The van der Waals surface area contributed by atoms with Crippen LogP contribution in [0.15, 0.2) is 83.7 Å². The van der Waals surface area contributed by atoms with E-state index in [1.165, 1.54) is 0 Å². The van der Waals surface area contributed by atoms with Gasteiger partial charge in [0.2, 0.25) is 0 Å². The van der Waals surface area contributed by atoms with Gasteiger partial charge in [-0.3, -0.25) is 9.59 Å². The zero-order valence-corrected chi connectivity index (χ0v) is 17.9. The third kappa shape index (κ3) is 4.90. The molecule has 1 heterocycles. The molecule has 0 aliphatic heterocycles. The first-order valence-electron chi connectivity index (χ1n) is 10.2. The molecular weight excluding hydrogens is 422 g/mol. The number of carbonyl (C=O) groups excluding carboxylic acids is 2. The zero-order chi connectivity index (χ0) is 23.2. The number of hydrogen-bond acceptors (Lipinski definition) is 6. The fourth-order valence-electron chi connectivity index (χ4n) is 3.28. The maximum Gasteiger partial charge on any atom is 0.359 e. The molecular formula is C25H21N3O5. The molecule has 1 amide bonds. The lowest BCUT2D eigenvalue weighted by atomic mass is 10.1. The average molecular weight is 443 g/mol. The summed E-state index contributed by atoms with van der Waals surface area (Å²) in [5.74, 6) is -0.536. The molecule has 4 aromatic rings. The Morgan fingerprint density at radius 1 is 0.909 bits per heavy atom. The first-order valence-corrected chi connectivity index (χ1v) is 10.2. The van der Waals surface area contributed by atoms with Crippen LogP contribution in [0.25, 0.3) is 16.5 Å². The molecule has 0 atom stereocenters. The van der Waals surface area contributed by atoms with Gasteiger partial charge in [-0.1, -0.05) is 48.5 Å². The summed E-state index contributed by atoms with van der Waals surface area (Å²) in [4.78, 5) is 37.9. The molecule has 0 spiro atoms. The highest BCUT2D eigenvalue weighted by molar-refractivity contribution is 6.02. The van der Waals surface area contributed by atoms with Crippen molar-refractivity contribution in [3.63, 3.8) is 0 Å². The van der Waals surface area contributed by atoms with Crippen molar-refractivity contribution >= 4 is 22.6 Å². The van der Waals surface area contributed by atoms with Crippen molar-refractivity contribution in [3.8, 4) is 11.4 Å². The number of amides is 1. The molecule has 0 radical (unpaired) electrons. The smallest absolute Gasteiger partial charge is 0.359 e. The van der Waals surface area contributed by atoms with E-state index in [2.05, 4.69) is 10.4 Å². The summed E-state index contributed by atoms with van der Waals surface area (Å²) in [6, 6.07) is 22.7. The summed E-state index contributed by atoms with van der Waals surface area (Å²) in [6.45, 7) is -0.199. The minimum Gasteiger partial charge on any atom is -0.497 e. The molecule has 8 nitrogen and oxygen atoms in total. The van der Waals surface area contributed by atoms with Crippen molar-refractivity contribution in [1.29, 1.82) is 0 Å². The number of nitrogens with zero attached hydrogens (tertiary/aromatic N) is 2. The molecule has 0 saturated carbocycles. The van der Waals surface area contributed by atoms with Crippen molar-refractivity contribution < 1.29 is 19.1 Å². The molecule has 33 heavy (non-hydrogen) atoms. The Morgan fingerprint density at radius 2 is 1.58 bits per heavy atom. The predicted octanol–water partition coefficient (Wildman–Crippen LogP) is 2.87. The Hall–Kier alpha value is -4.46. The highest BCUT2D eigenvalue weighted by Crippen LogP contribution is 2.16. The quantitative estimate of drug-likeness (QED) is 0.441. The molecule has 8 heteroatoms. The molecule has 1 aromatic heterocycles. The van der Waals surface area contributed by atoms with Crippen LogP contribution in [-0.2, 0) is 16.1 Å². The molecule has 0 aliphatic rings. The number of ether oxygens (including phenoxy) is 2. The number of fused-ring (bicyclic) bond motifs is 1. The van der Waals surface area contributed by atoms with Gasteiger partial charge in [0.1, 0.15) is 5.75 Å². The second-order valence-corrected chi connectivity index (χ2v) is 7.15. The number of hydrogen-bond donors (Lipinski definition) is 1. The minimum atomic E-state index is -0.796. The van der Waals surface area contributed by atoms with Gasteiger partial charge in [-0.05, 0) is 35.9 Å². The summed E-state index contributed by atoms with van der Waals surface area (Å²) in [5.41, 5.74) is 0.986. The Balaban J connectivity index is 1.50. The van der Waals surface area contributed by atoms with Gasteiger partial charge in [-0.25, -0.2) is 4.79 Å². The van der Waals surface area contributed by atoms with E-state index in [1.807, 2.05) is 18.2 Å². The third-order valence-corrected chi connectivity index (χ3v) is 4.98. The van der Waals surface area contributed by atoms with Gasteiger partial charge in [0.15, 0.2) is 12.3 Å². The van der Waals surface area contributed by atoms with Crippen LogP contribution in [-0.4, -0.2) is 35.4 Å². The van der Waals surface area contributed by atoms with Crippen LogP contribution in [0, 0.1) is 0 Å². The van der Waals surface area contributed by atoms with Crippen molar-refractivity contribution in [2.45, 2.75) is 6.54 Å². The molecule has 0 bridgehead atoms. The van der Waals surface area contributed by atoms with E-state index in [9.17, 15) is 14.4 Å². The molecule has 0 aliphatic carbocycles. The van der Waals surface area contributed by atoms with Gasteiger partial charge in [-0.2, -0.15) is 9.78 Å². The third-order valence-electron chi connectivity index (χ3n) is 4.98. The largest absolute Gasteiger partial charge is 0.497 e. The van der Waals surface area contributed by atoms with Gasteiger partial charge in [0.05, 0.1) is 18.2 Å². The lowest BCUT2D eigenvalue weighted by Gasteiger charge is -2.11. The molecule has 4 rings (SSSR count). The first kappa shape index (κ1) is 21.8. The first-order chi connectivity index (χ1) is 16.1. The van der Waals surface area contributed by atoms with Gasteiger partial charge >= 0.3 is 5.97 Å². The van der Waals surface area contributed by atoms with Crippen LogP contribution in [0.3, 0.4) is 0 Å². The van der Waals surface area contributed by atoms with E-state index >= 15 is 0 Å². The van der Waals surface area contributed by atoms with Gasteiger partial charge < -0.3 is 14.8 Å². The Morgan fingerprint density at radius 3 is 2.27 bits per heavy atom. The van der Waals surface area contributed by atoms with Crippen LogP contribution in [0.2, 0.25) is 0 Å². The molecule has 0 fully saturated rings. The van der Waals surface area contributed by atoms with E-state index in [-0.39, 0.29) is 17.8 Å². The van der Waals surface area contributed by atoms with E-state index in [0.29, 0.717) is 16.5 Å². The second-order valence-electron chi connectivity index (χ2n) is 7.15. The van der Waals surface area contributed by atoms with Gasteiger partial charge in [-0.15, -0.1) is 0 Å². The van der Waals surface area contributed by atoms with Crippen LogP contribution < -0.4 is 15.6 Å². The normalized spacial score (nSPS) is 10.6. The van der Waals surface area contributed by atoms with E-state index in [0.717, 1.165) is 16.0 Å². The fourth-order valence-corrected chi connectivity index (χ4v) is 3.28. The van der Waals surface area contributed by atoms with Crippen LogP contribution in [0.5, 0.6) is 5.75 Å². The topological polar surface area (TPSA) is 99.5 Å². The molecule has 166 valence electrons. The SMILES string of the molecule is COc1ccc(CNC(=O)COC(=O)c2nn(-c3ccccc3)c(=O)c3ccccc23)cc1. The number of methoxy groups -OCH3 is 1. The summed E-state index contributed by atoms with van der Waals surface area (Å²) in [7, 11) is 1.58. The van der Waals surface area contributed by atoms with E-state index in [1.54, 1.807) is 67.8 Å². The number of nitrogens with one attached hydrogen (secondary N) is 1. The highest BCUT2D eigenvalue weighted by Gasteiger charge is 2.19. The number of para-hydroxylation sites is 1. The number of aromatic nitrogens is 2. The maximum atomic E-state index is 12.9. The van der Waals surface area contributed by atoms with Crippen LogP contribution in [0.1, 0.15) is 16.1 Å². The number of benzene rings is 3. The second kappa shape index (κ2) is 9.78. The zero-order valence-electron chi connectivity index (χ0n) is 17.9. The van der Waals surface area contributed by atoms with Crippen LogP contribution >= 0.6 is 0 Å². The van der Waals surface area contributed by atoms with Gasteiger partial charge in [0.25, 0.3) is 11.5 Å². The van der Waals surface area contributed by atoms with E-state index in [4.69, 9.17) is 9.47 Å². The highest BCUT2D eigenvalue weighted by atomic mass is 16.5. The molecule has 1 N–H and O–H groups in total. The van der Waals surface area contributed by atoms with E-state index < -0.39 is 18.5 Å². The van der Waals surface area contributed by atoms with Crippen molar-refractivity contribution in [1.82, 2.24) is 15.1 Å². The fraction of sp³-hybridized carbons (Fsp3) is 0.120. The Labute approximate surface area is 189 Å². The van der Waals surface area contributed by atoms with Crippen molar-refractivity contribution in [2.75, 3.05) is 13.7 Å². The molecule has 3 aromatic carbocycles. The molecule has 0 unspecified atom stereocenters. The van der Waals surface area contributed by atoms with Crippen molar-refractivity contribution in [2.24, 2.45) is 0 Å². The number of esters is 1. The van der Waals surface area contributed by atoms with Crippen molar-refractivity contribution in [3.05, 3.63) is 100 Å². The Kier molecular flexibility index (Phi) is 6.45. The maximum absolute atomic E-state index is 12.9. The molecule has 0 saturated heterocycles. The van der Waals surface area contributed by atoms with Gasteiger partial charge in [0, 0.05) is 11.9 Å². The summed E-state index contributed by atoms with van der Waals surface area (Å²) < 4.78 is 11.5. The van der Waals surface area contributed by atoms with Crippen LogP contribution in [0.4, 0.5) is 0 Å². The average Bonchev–Trinajstić information content (AvgIpc) is 2.87. The monoisotopic (exact) mass is 443 g/mol. The predicted molar refractivity (Wildman–Crippen MR) is 122 cm³/mol. The lowest BCUT2D eigenvalue weighted by molar-refractivity contribution is -0.124. The lowest BCUT2D eigenvalue weighted by Crippen LogP contribution is -2.29. The minimum absolute atomic E-state index is 0.0444. The number of carbonyl (C=O) groups is 2. The standard InChI is InChI=1S/C25H21N3O5/c1-32-19-13-11-17(12-14-19)15-26-22(29)16-33-25(31)23-20-9-5-6-10-21(20)24(30)28(27-23)18-7-3-2-4-8-18/h2-14H,15-16H2,1H3,(H,26,29). The summed E-state index contributed by atoms with van der Waals surface area (Å²) >= 11 is 0. The Bertz CT molecular complexity index is 1350.